The van der Waals surface area contributed by atoms with Crippen LogP contribution in [0.4, 0.5) is 5.82 Å². The first kappa shape index (κ1) is 18.4. The summed E-state index contributed by atoms with van der Waals surface area (Å²) in [6.07, 6.45) is 4.27. The van der Waals surface area contributed by atoms with Gasteiger partial charge in [-0.05, 0) is 43.5 Å². The number of aromatic nitrogens is 5. The zero-order valence-electron chi connectivity index (χ0n) is 17.3. The van der Waals surface area contributed by atoms with Crippen molar-refractivity contribution in [2.75, 3.05) is 18.0 Å². The molecule has 7 heteroatoms. The highest BCUT2D eigenvalue weighted by Crippen LogP contribution is 2.38. The Bertz CT molecular complexity index is 1370. The lowest BCUT2D eigenvalue weighted by molar-refractivity contribution is 0.486. The minimum Gasteiger partial charge on any atom is -0.355 e. The zero-order valence-corrected chi connectivity index (χ0v) is 18.1. The summed E-state index contributed by atoms with van der Waals surface area (Å²) < 4.78 is 2.12. The van der Waals surface area contributed by atoms with E-state index in [-0.39, 0.29) is 0 Å². The van der Waals surface area contributed by atoms with Crippen molar-refractivity contribution < 1.29 is 0 Å². The lowest BCUT2D eigenvalue weighted by Gasteiger charge is -2.33. The number of piperidine rings is 1. The molecule has 1 unspecified atom stereocenters. The van der Waals surface area contributed by atoms with Gasteiger partial charge in [0, 0.05) is 30.1 Å². The number of thiophene rings is 1. The Labute approximate surface area is 184 Å². The van der Waals surface area contributed by atoms with E-state index in [0.717, 1.165) is 59.3 Å². The molecule has 0 N–H and O–H groups in total. The van der Waals surface area contributed by atoms with E-state index in [1.165, 1.54) is 10.4 Å². The van der Waals surface area contributed by atoms with Crippen LogP contribution in [0.1, 0.15) is 30.4 Å². The minimum atomic E-state index is 0.323. The molecule has 1 atom stereocenters. The highest BCUT2D eigenvalue weighted by molar-refractivity contribution is 7.21. The summed E-state index contributed by atoms with van der Waals surface area (Å²) in [5.41, 5.74) is 2.13. The number of aryl methyl sites for hydroxylation is 1. The van der Waals surface area contributed by atoms with Gasteiger partial charge in [-0.2, -0.15) is 0 Å². The smallest absolute Gasteiger partial charge is 0.160 e. The normalized spacial score (nSPS) is 16.9. The molecule has 6 nitrogen and oxygen atoms in total. The standard InChI is InChI=1S/C24H22N6S/c1-16-25-23(19-14-20(31-24(19)26-16)17-8-3-2-4-9-17)29-12-7-10-18(15-29)22-28-27-21-11-5-6-13-30(21)22/h2-6,8-9,11,13-14,18H,7,10,12,15H2,1H3. The van der Waals surface area contributed by atoms with Crippen molar-refractivity contribution in [3.63, 3.8) is 0 Å². The highest BCUT2D eigenvalue weighted by Gasteiger charge is 2.27. The monoisotopic (exact) mass is 426 g/mol. The predicted molar refractivity (Wildman–Crippen MR) is 125 cm³/mol. The molecule has 1 saturated heterocycles. The summed E-state index contributed by atoms with van der Waals surface area (Å²) in [4.78, 5) is 14.3. The fraction of sp³-hybridized carbons (Fsp3) is 0.250. The van der Waals surface area contributed by atoms with Crippen molar-refractivity contribution in [2.45, 2.75) is 25.7 Å². The third-order valence-electron chi connectivity index (χ3n) is 5.97. The molecule has 31 heavy (non-hydrogen) atoms. The number of rotatable bonds is 3. The van der Waals surface area contributed by atoms with Crippen molar-refractivity contribution in [1.29, 1.82) is 0 Å². The van der Waals surface area contributed by atoms with E-state index in [4.69, 9.17) is 9.97 Å². The molecule has 5 heterocycles. The maximum atomic E-state index is 4.89. The van der Waals surface area contributed by atoms with Crippen LogP contribution < -0.4 is 4.90 Å². The van der Waals surface area contributed by atoms with Gasteiger partial charge in [0.1, 0.15) is 22.3 Å². The minimum absolute atomic E-state index is 0.323. The van der Waals surface area contributed by atoms with Gasteiger partial charge >= 0.3 is 0 Å². The molecule has 154 valence electrons. The number of pyridine rings is 1. The van der Waals surface area contributed by atoms with E-state index in [1.807, 2.05) is 31.2 Å². The Morgan fingerprint density at radius 3 is 2.77 bits per heavy atom. The number of fused-ring (bicyclic) bond motifs is 2. The summed E-state index contributed by atoms with van der Waals surface area (Å²) >= 11 is 1.74. The quantitative estimate of drug-likeness (QED) is 0.402. The Kier molecular flexibility index (Phi) is 4.42. The molecule has 0 spiro atoms. The highest BCUT2D eigenvalue weighted by atomic mass is 32.1. The van der Waals surface area contributed by atoms with E-state index >= 15 is 0 Å². The Morgan fingerprint density at radius 2 is 1.87 bits per heavy atom. The van der Waals surface area contributed by atoms with Gasteiger partial charge in [-0.1, -0.05) is 36.4 Å². The fourth-order valence-electron chi connectivity index (χ4n) is 4.51. The summed E-state index contributed by atoms with van der Waals surface area (Å²) in [7, 11) is 0. The third-order valence-corrected chi connectivity index (χ3v) is 7.05. The molecule has 1 aliphatic heterocycles. The number of nitrogens with zero attached hydrogens (tertiary/aromatic N) is 6. The van der Waals surface area contributed by atoms with Crippen molar-refractivity contribution in [2.24, 2.45) is 0 Å². The van der Waals surface area contributed by atoms with Crippen molar-refractivity contribution in [3.05, 3.63) is 72.4 Å². The number of anilines is 1. The van der Waals surface area contributed by atoms with Crippen LogP contribution in [0, 0.1) is 6.92 Å². The van der Waals surface area contributed by atoms with Gasteiger partial charge in [0.05, 0.1) is 5.39 Å². The second kappa shape index (κ2) is 7.42. The maximum Gasteiger partial charge on any atom is 0.160 e. The second-order valence-electron chi connectivity index (χ2n) is 8.06. The van der Waals surface area contributed by atoms with E-state index in [0.29, 0.717) is 5.92 Å². The van der Waals surface area contributed by atoms with Crippen LogP contribution in [0.5, 0.6) is 0 Å². The van der Waals surface area contributed by atoms with E-state index in [1.54, 1.807) is 11.3 Å². The SMILES string of the molecule is Cc1nc(N2CCCC(c3nnc4ccccn34)C2)c2cc(-c3ccccc3)sc2n1. The summed E-state index contributed by atoms with van der Waals surface area (Å²) in [6, 6.07) is 18.8. The van der Waals surface area contributed by atoms with Crippen molar-refractivity contribution in [1.82, 2.24) is 24.6 Å². The number of hydrogen-bond acceptors (Lipinski definition) is 6. The van der Waals surface area contributed by atoms with Gasteiger partial charge in [-0.15, -0.1) is 21.5 Å². The van der Waals surface area contributed by atoms with Crippen LogP contribution in [0.15, 0.2) is 60.8 Å². The average Bonchev–Trinajstić information content (AvgIpc) is 3.44. The molecule has 1 aliphatic rings. The lowest BCUT2D eigenvalue weighted by Crippen LogP contribution is -2.35. The van der Waals surface area contributed by atoms with Gasteiger partial charge in [0.15, 0.2) is 5.65 Å². The Morgan fingerprint density at radius 1 is 1.00 bits per heavy atom. The molecule has 1 aromatic carbocycles. The molecule has 0 amide bonds. The van der Waals surface area contributed by atoms with Gasteiger partial charge < -0.3 is 4.90 Å². The maximum absolute atomic E-state index is 4.89. The molecule has 6 rings (SSSR count). The Balaban J connectivity index is 1.39. The summed E-state index contributed by atoms with van der Waals surface area (Å²) in [6.45, 7) is 3.87. The summed E-state index contributed by atoms with van der Waals surface area (Å²) in [5, 5.41) is 10.0. The van der Waals surface area contributed by atoms with Gasteiger partial charge in [-0.3, -0.25) is 4.40 Å². The molecule has 0 saturated carbocycles. The van der Waals surface area contributed by atoms with Crippen LogP contribution in [-0.4, -0.2) is 37.7 Å². The first-order valence-corrected chi connectivity index (χ1v) is 11.5. The third kappa shape index (κ3) is 3.25. The molecular weight excluding hydrogens is 404 g/mol. The molecule has 0 radical (unpaired) electrons. The van der Waals surface area contributed by atoms with E-state index in [2.05, 4.69) is 56.0 Å². The van der Waals surface area contributed by atoms with Crippen molar-refractivity contribution >= 4 is 33.0 Å². The molecule has 0 aliphatic carbocycles. The van der Waals surface area contributed by atoms with Crippen LogP contribution in [0.3, 0.4) is 0 Å². The van der Waals surface area contributed by atoms with Gasteiger partial charge in [0.25, 0.3) is 0 Å². The predicted octanol–water partition coefficient (Wildman–Crippen LogP) is 5.09. The second-order valence-corrected chi connectivity index (χ2v) is 9.09. The van der Waals surface area contributed by atoms with E-state index < -0.39 is 0 Å². The number of benzene rings is 1. The molecule has 5 aromatic rings. The number of hydrogen-bond donors (Lipinski definition) is 0. The molecule has 1 fully saturated rings. The molecular formula is C24H22N6S. The van der Waals surface area contributed by atoms with Crippen LogP contribution >= 0.6 is 11.3 Å². The van der Waals surface area contributed by atoms with E-state index in [9.17, 15) is 0 Å². The van der Waals surface area contributed by atoms with Crippen LogP contribution in [-0.2, 0) is 0 Å². The van der Waals surface area contributed by atoms with Crippen LogP contribution in [0.25, 0.3) is 26.3 Å². The van der Waals surface area contributed by atoms with Gasteiger partial charge in [-0.25, -0.2) is 9.97 Å². The Hall–Kier alpha value is -3.32. The lowest BCUT2D eigenvalue weighted by atomic mass is 9.97. The summed E-state index contributed by atoms with van der Waals surface area (Å²) in [5.74, 6) is 3.22. The van der Waals surface area contributed by atoms with Crippen LogP contribution in [0.2, 0.25) is 0 Å². The average molecular weight is 427 g/mol. The van der Waals surface area contributed by atoms with Gasteiger partial charge in [0.2, 0.25) is 0 Å². The first-order chi connectivity index (χ1) is 15.3. The topological polar surface area (TPSA) is 59.2 Å². The fourth-order valence-corrected chi connectivity index (χ4v) is 5.59. The zero-order chi connectivity index (χ0) is 20.8. The molecule has 0 bridgehead atoms. The largest absolute Gasteiger partial charge is 0.355 e. The molecule has 4 aromatic heterocycles. The first-order valence-electron chi connectivity index (χ1n) is 10.6. The van der Waals surface area contributed by atoms with Crippen molar-refractivity contribution in [3.8, 4) is 10.4 Å².